The number of amides is 2. The number of hydrazine groups is 1. The fraction of sp³-hybridized carbons (Fsp3) is 0.0476. The van der Waals surface area contributed by atoms with Crippen LogP contribution in [0.5, 0.6) is 0 Å². The van der Waals surface area contributed by atoms with Crippen LogP contribution in [0.25, 0.3) is 17.0 Å². The van der Waals surface area contributed by atoms with Crippen molar-refractivity contribution in [3.8, 4) is 0 Å². The quantitative estimate of drug-likeness (QED) is 0.449. The van der Waals surface area contributed by atoms with Crippen molar-refractivity contribution in [1.82, 2.24) is 9.99 Å². The summed E-state index contributed by atoms with van der Waals surface area (Å²) in [4.78, 5) is 25.1. The lowest BCUT2D eigenvalue weighted by Gasteiger charge is -2.13. The minimum absolute atomic E-state index is 0.121. The van der Waals surface area contributed by atoms with Crippen LogP contribution in [-0.4, -0.2) is 16.4 Å². The molecule has 1 aliphatic rings. The van der Waals surface area contributed by atoms with Gasteiger partial charge in [0.2, 0.25) is 0 Å². The molecule has 0 saturated carbocycles. The van der Waals surface area contributed by atoms with Gasteiger partial charge in [-0.25, -0.2) is 5.01 Å². The van der Waals surface area contributed by atoms with Crippen molar-refractivity contribution in [1.29, 1.82) is 0 Å². The number of rotatable bonds is 4. The Morgan fingerprint density at radius 2 is 1.73 bits per heavy atom. The normalized spacial score (nSPS) is 15.7. The molecule has 2 amide bonds. The van der Waals surface area contributed by atoms with Gasteiger partial charge in [-0.2, -0.15) is 0 Å². The summed E-state index contributed by atoms with van der Waals surface area (Å²) in [7, 11) is 0. The Balaban J connectivity index is 1.77. The molecule has 2 heterocycles. The summed E-state index contributed by atoms with van der Waals surface area (Å²) in [5.74, 6) is -0.763. The van der Waals surface area contributed by atoms with Gasteiger partial charge in [0.25, 0.3) is 11.8 Å². The first-order valence-electron chi connectivity index (χ1n) is 8.30. The molecule has 0 radical (unpaired) electrons. The van der Waals surface area contributed by atoms with E-state index in [1.807, 2.05) is 59.3 Å². The highest BCUT2D eigenvalue weighted by Crippen LogP contribution is 2.26. The van der Waals surface area contributed by atoms with Crippen molar-refractivity contribution >= 4 is 34.5 Å². The van der Waals surface area contributed by atoms with Gasteiger partial charge in [-0.1, -0.05) is 42.5 Å². The average Bonchev–Trinajstić information content (AvgIpc) is 3.16. The summed E-state index contributed by atoms with van der Waals surface area (Å²) in [5.41, 5.74) is 5.23. The van der Waals surface area contributed by atoms with E-state index in [4.69, 9.17) is 0 Å². The van der Waals surface area contributed by atoms with E-state index in [1.54, 1.807) is 18.2 Å². The molecule has 1 aromatic heterocycles. The fourth-order valence-corrected chi connectivity index (χ4v) is 3.15. The molecule has 0 bridgehead atoms. The van der Waals surface area contributed by atoms with Crippen LogP contribution in [0.15, 0.2) is 79.0 Å². The number of carbonyl (C=O) groups is 2. The van der Waals surface area contributed by atoms with Crippen molar-refractivity contribution in [2.45, 2.75) is 6.54 Å². The second kappa shape index (κ2) is 6.37. The topological polar surface area (TPSA) is 54.3 Å². The molecular weight excluding hydrogens is 326 g/mol. The Morgan fingerprint density at radius 1 is 1.00 bits per heavy atom. The largest absolute Gasteiger partial charge is 0.343 e. The average molecular weight is 343 g/mol. The highest BCUT2D eigenvalue weighted by atomic mass is 16.2. The number of hydrogen-bond acceptors (Lipinski definition) is 2. The predicted molar refractivity (Wildman–Crippen MR) is 102 cm³/mol. The highest BCUT2D eigenvalue weighted by molar-refractivity contribution is 6.32. The number of nitrogens with one attached hydrogen (secondary N) is 1. The minimum Gasteiger partial charge on any atom is -0.343 e. The summed E-state index contributed by atoms with van der Waals surface area (Å²) in [6, 6.07) is 16.9. The van der Waals surface area contributed by atoms with Gasteiger partial charge >= 0.3 is 0 Å². The second-order valence-corrected chi connectivity index (χ2v) is 6.02. The van der Waals surface area contributed by atoms with Gasteiger partial charge in [-0.15, -0.1) is 6.58 Å². The molecular formula is C21H17N3O2. The molecule has 1 N–H and O–H groups in total. The third kappa shape index (κ3) is 2.59. The molecule has 0 aliphatic carbocycles. The van der Waals surface area contributed by atoms with E-state index in [2.05, 4.69) is 12.0 Å². The van der Waals surface area contributed by atoms with Crippen molar-refractivity contribution in [2.75, 3.05) is 5.01 Å². The molecule has 2 aromatic carbocycles. The Kier molecular flexibility index (Phi) is 3.89. The van der Waals surface area contributed by atoms with Gasteiger partial charge in [0, 0.05) is 29.2 Å². The summed E-state index contributed by atoms with van der Waals surface area (Å²) in [5, 5.41) is 2.26. The van der Waals surface area contributed by atoms with Crippen LogP contribution < -0.4 is 10.4 Å². The number of nitrogens with zero attached hydrogens (tertiary/aromatic N) is 2. The van der Waals surface area contributed by atoms with Gasteiger partial charge in [0.15, 0.2) is 0 Å². The van der Waals surface area contributed by atoms with Crippen LogP contribution in [-0.2, 0) is 16.1 Å². The molecule has 1 fully saturated rings. The second-order valence-electron chi connectivity index (χ2n) is 6.02. The molecule has 26 heavy (non-hydrogen) atoms. The smallest absolute Gasteiger partial charge is 0.282 e. The van der Waals surface area contributed by atoms with Gasteiger partial charge in [0.1, 0.15) is 5.57 Å². The van der Waals surface area contributed by atoms with Crippen molar-refractivity contribution in [3.63, 3.8) is 0 Å². The summed E-state index contributed by atoms with van der Waals surface area (Å²) < 4.78 is 2.04. The number of fused-ring (bicyclic) bond motifs is 1. The van der Waals surface area contributed by atoms with Crippen molar-refractivity contribution < 1.29 is 9.59 Å². The Morgan fingerprint density at radius 3 is 2.50 bits per heavy atom. The van der Waals surface area contributed by atoms with Crippen LogP contribution in [0, 0.1) is 0 Å². The molecule has 4 rings (SSSR count). The van der Waals surface area contributed by atoms with Crippen LogP contribution in [0.4, 0.5) is 5.69 Å². The maximum absolute atomic E-state index is 12.7. The molecule has 3 aromatic rings. The first kappa shape index (κ1) is 15.9. The predicted octanol–water partition coefficient (Wildman–Crippen LogP) is 3.29. The maximum Gasteiger partial charge on any atom is 0.282 e. The lowest BCUT2D eigenvalue weighted by molar-refractivity contribution is -0.117. The van der Waals surface area contributed by atoms with Gasteiger partial charge in [-0.3, -0.25) is 15.0 Å². The molecule has 1 saturated heterocycles. The number of allylic oxidation sites excluding steroid dienone is 1. The Hall–Kier alpha value is -3.60. The lowest BCUT2D eigenvalue weighted by atomic mass is 10.1. The van der Waals surface area contributed by atoms with E-state index in [0.717, 1.165) is 16.5 Å². The van der Waals surface area contributed by atoms with Crippen LogP contribution in [0.3, 0.4) is 0 Å². The Labute approximate surface area is 150 Å². The third-order valence-corrected chi connectivity index (χ3v) is 4.35. The summed E-state index contributed by atoms with van der Waals surface area (Å²) >= 11 is 0. The van der Waals surface area contributed by atoms with E-state index in [1.165, 1.54) is 5.01 Å². The zero-order valence-electron chi connectivity index (χ0n) is 14.1. The molecule has 0 spiro atoms. The Bertz CT molecular complexity index is 1050. The third-order valence-electron chi connectivity index (χ3n) is 4.35. The molecule has 5 heteroatoms. The summed E-state index contributed by atoms with van der Waals surface area (Å²) in [6.07, 6.45) is 5.40. The van der Waals surface area contributed by atoms with Crippen LogP contribution in [0.2, 0.25) is 0 Å². The van der Waals surface area contributed by atoms with E-state index >= 15 is 0 Å². The van der Waals surface area contributed by atoms with E-state index in [-0.39, 0.29) is 11.5 Å². The molecule has 5 nitrogen and oxygen atoms in total. The molecule has 128 valence electrons. The van der Waals surface area contributed by atoms with E-state index in [0.29, 0.717) is 12.2 Å². The number of anilines is 1. The van der Waals surface area contributed by atoms with Gasteiger partial charge in [0.05, 0.1) is 5.69 Å². The van der Waals surface area contributed by atoms with Crippen molar-refractivity contribution in [3.05, 3.63) is 84.6 Å². The SMILES string of the molecule is C=CCn1cc(/C=C2/C(=O)NN(c3ccccc3)C2=O)c2ccccc21. The van der Waals surface area contributed by atoms with Crippen LogP contribution >= 0.6 is 0 Å². The zero-order valence-corrected chi connectivity index (χ0v) is 14.1. The molecule has 0 atom stereocenters. The fourth-order valence-electron chi connectivity index (χ4n) is 3.15. The zero-order chi connectivity index (χ0) is 18.1. The maximum atomic E-state index is 12.7. The first-order chi connectivity index (χ1) is 12.7. The number of para-hydroxylation sites is 2. The van der Waals surface area contributed by atoms with E-state index in [9.17, 15) is 9.59 Å². The number of benzene rings is 2. The molecule has 0 unspecified atom stereocenters. The van der Waals surface area contributed by atoms with E-state index < -0.39 is 5.91 Å². The minimum atomic E-state index is -0.403. The number of hydrogen-bond donors (Lipinski definition) is 1. The summed E-state index contributed by atoms with van der Waals surface area (Å²) in [6.45, 7) is 4.43. The lowest BCUT2D eigenvalue weighted by Crippen LogP contribution is -2.35. The van der Waals surface area contributed by atoms with Crippen molar-refractivity contribution in [2.24, 2.45) is 0 Å². The van der Waals surface area contributed by atoms with Gasteiger partial charge < -0.3 is 4.57 Å². The number of aromatic nitrogens is 1. The first-order valence-corrected chi connectivity index (χ1v) is 8.30. The molecule has 1 aliphatic heterocycles. The van der Waals surface area contributed by atoms with Crippen LogP contribution in [0.1, 0.15) is 5.56 Å². The standard InChI is InChI=1S/C21H17N3O2/c1-2-12-23-14-15(17-10-6-7-11-19(17)23)13-18-20(25)22-24(21(18)26)16-8-4-3-5-9-16/h2-11,13-14H,1,12H2,(H,22,25)/b18-13-. The monoisotopic (exact) mass is 343 g/mol. The number of carbonyl (C=O) groups excluding carboxylic acids is 2. The highest BCUT2D eigenvalue weighted by Gasteiger charge is 2.34. The van der Waals surface area contributed by atoms with Gasteiger partial charge in [-0.05, 0) is 24.3 Å².